The Hall–Kier alpha value is -7.84. The van der Waals surface area contributed by atoms with E-state index in [0.29, 0.717) is 68.7 Å². The number of hydrogen-bond donors (Lipinski definition) is 9. The van der Waals surface area contributed by atoms with Crippen molar-refractivity contribution in [3.8, 4) is 43.4 Å². The fourth-order valence-corrected chi connectivity index (χ4v) is 13.6. The third kappa shape index (κ3) is 13.7. The summed E-state index contributed by atoms with van der Waals surface area (Å²) in [7, 11) is 2.93. The van der Waals surface area contributed by atoms with Crippen molar-refractivity contribution in [1.82, 2.24) is 66.8 Å². The molecule has 0 aliphatic carbocycles. The van der Waals surface area contributed by atoms with E-state index in [1.54, 1.807) is 70.9 Å². The van der Waals surface area contributed by atoms with Gasteiger partial charge in [-0.05, 0) is 30.5 Å². The summed E-state index contributed by atoms with van der Waals surface area (Å²) in [5.41, 5.74) is 2.55. The first-order valence-corrected chi connectivity index (χ1v) is 29.8. The number of hydrogen-bond acceptors (Lipinski definition) is 22. The number of carboxylic acid groups (broad SMARTS) is 1. The number of carbonyl (C=O) groups excluding carboxylic acids is 6. The Morgan fingerprint density at radius 2 is 1.43 bits per heavy atom. The van der Waals surface area contributed by atoms with E-state index in [2.05, 4.69) is 52.2 Å². The topological polar surface area (TPSA) is 344 Å². The van der Waals surface area contributed by atoms with Gasteiger partial charge in [-0.15, -0.1) is 68.0 Å². The number of aryl methyl sites for hydroxylation is 1. The van der Waals surface area contributed by atoms with E-state index in [0.717, 1.165) is 34.0 Å². The second-order valence-corrected chi connectivity index (χ2v) is 24.0. The van der Waals surface area contributed by atoms with Crippen LogP contribution in [0, 0.1) is 12.8 Å². The molecule has 9 rings (SSSR count). The highest BCUT2D eigenvalue weighted by molar-refractivity contribution is 7.15. The van der Waals surface area contributed by atoms with Crippen LogP contribution in [-0.2, 0) is 25.7 Å². The second-order valence-electron chi connectivity index (χ2n) is 18.2. The van der Waals surface area contributed by atoms with E-state index in [-0.39, 0.29) is 59.8 Å². The first kappa shape index (κ1) is 57.8. The minimum absolute atomic E-state index is 0.00249. The van der Waals surface area contributed by atoms with Crippen molar-refractivity contribution < 1.29 is 48.5 Å². The number of aromatic nitrogens is 7. The smallest absolute Gasteiger partial charge is 0.320 e. The normalized spacial score (nSPS) is 16.4. The molecule has 1 aliphatic heterocycles. The van der Waals surface area contributed by atoms with Gasteiger partial charge in [0.2, 0.25) is 11.8 Å². The van der Waals surface area contributed by atoms with E-state index in [9.17, 15) is 38.7 Å². The van der Waals surface area contributed by atoms with Crippen LogP contribution in [0.15, 0.2) is 64.0 Å². The van der Waals surface area contributed by atoms with Crippen LogP contribution in [0.1, 0.15) is 113 Å². The predicted molar refractivity (Wildman–Crippen MR) is 306 cm³/mol. The Morgan fingerprint density at radius 1 is 0.716 bits per heavy atom. The van der Waals surface area contributed by atoms with Crippen molar-refractivity contribution >= 4 is 115 Å². The number of aliphatic hydroxyl groups is 1. The van der Waals surface area contributed by atoms with E-state index in [4.69, 9.17) is 29.8 Å². The Kier molecular flexibility index (Phi) is 18.4. The van der Waals surface area contributed by atoms with Gasteiger partial charge in [-0.25, -0.2) is 39.7 Å². The van der Waals surface area contributed by atoms with Crippen LogP contribution in [0.25, 0.3) is 43.4 Å². The number of fused-ring (bicyclic) bond motifs is 14. The Labute approximate surface area is 485 Å². The quantitative estimate of drug-likeness (QED) is 0.0600. The maximum absolute atomic E-state index is 14.2. The number of nitrogens with zero attached hydrogens (tertiary/aromatic N) is 7. The molecule has 420 valence electrons. The molecule has 9 N–H and O–H groups in total. The lowest BCUT2D eigenvalue weighted by atomic mass is 10.0. The molecule has 30 heteroatoms. The van der Waals surface area contributed by atoms with Gasteiger partial charge in [0.15, 0.2) is 0 Å². The highest BCUT2D eigenvalue weighted by Gasteiger charge is 2.33. The largest absolute Gasteiger partial charge is 0.481 e. The lowest BCUT2D eigenvalue weighted by Gasteiger charge is -2.23. The fraction of sp³-hybridized carbons (Fsp3) is 0.294. The van der Waals surface area contributed by atoms with Gasteiger partial charge in [-0.1, -0.05) is 44.2 Å². The molecule has 0 saturated heterocycles. The van der Waals surface area contributed by atoms with E-state index in [1.807, 2.05) is 13.8 Å². The molecule has 1 aliphatic rings. The Bertz CT molecular complexity index is 3650. The zero-order chi connectivity index (χ0) is 57.5. The first-order chi connectivity index (χ1) is 39.0. The molecule has 24 nitrogen and oxygen atoms in total. The molecule has 1 aromatic carbocycles. The van der Waals surface area contributed by atoms with Gasteiger partial charge in [0, 0.05) is 52.7 Å². The Morgan fingerprint density at radius 3 is 2.19 bits per heavy atom. The summed E-state index contributed by atoms with van der Waals surface area (Å²) < 4.78 is 5.44. The number of urea groups is 1. The summed E-state index contributed by atoms with van der Waals surface area (Å²) in [4.78, 5) is 127. The van der Waals surface area contributed by atoms with Gasteiger partial charge in [0.1, 0.15) is 82.2 Å². The number of methoxy groups -OCH3 is 1. The number of anilines is 1. The summed E-state index contributed by atoms with van der Waals surface area (Å²) in [5.74, 6) is -4.05. The minimum Gasteiger partial charge on any atom is -0.481 e. The van der Waals surface area contributed by atoms with Gasteiger partial charge in [-0.2, -0.15) is 0 Å². The molecule has 10 bridgehead atoms. The molecule has 4 atom stereocenters. The number of nitrogens with one attached hydrogen (secondary N) is 7. The standard InChI is InChI=1S/C51H50N14O10S6/c1-22(2)36-50-65-39(31(81-50)17-75-5)43(72)54-16-34(67)62-40(41(70)24-9-7-6-8-10-24)49-59-30(20-78-49)47-57-28(18-77-47)38-25(11-12-26(55-38)46-60-32(21-79-46)61-51(74)53-14-13-35(68)69)45-58-29(19-76-45)42(71)56-27(15-33(66)52-4)48-64-37(23(3)80-48)44(73)63-36/h6-12,18-22,27,36,40-41,70H,13-17H2,1-5H3,(H,52,66)(H,54,72)(H,56,71)(H,62,67)(H,63,73)(H,68,69)(H2,53,61,74)/t27-,36-,40-,41-/m0/s1. The third-order valence-electron chi connectivity index (χ3n) is 12.1. The molecule has 0 spiro atoms. The van der Waals surface area contributed by atoms with Gasteiger partial charge in [0.25, 0.3) is 17.7 Å². The molecular weight excluding hydrogens is 1160 g/mol. The Balaban J connectivity index is 1.12. The molecule has 0 unspecified atom stereocenters. The monoisotopic (exact) mass is 1210 g/mol. The van der Waals surface area contributed by atoms with Gasteiger partial charge in [-0.3, -0.25) is 34.1 Å². The number of carboxylic acids is 1. The highest BCUT2D eigenvalue weighted by Crippen LogP contribution is 2.40. The van der Waals surface area contributed by atoms with Crippen molar-refractivity contribution in [2.75, 3.05) is 32.6 Å². The van der Waals surface area contributed by atoms with Crippen LogP contribution in [0.2, 0.25) is 0 Å². The van der Waals surface area contributed by atoms with E-state index < -0.39 is 72.3 Å². The average molecular weight is 1210 g/mol. The average Bonchev–Trinajstić information content (AvgIpc) is 4.33. The van der Waals surface area contributed by atoms with Crippen LogP contribution in [0.5, 0.6) is 0 Å². The number of carbonyl (C=O) groups is 7. The van der Waals surface area contributed by atoms with Crippen molar-refractivity contribution in [2.24, 2.45) is 5.92 Å². The zero-order valence-electron chi connectivity index (χ0n) is 43.5. The molecule has 7 amide bonds. The summed E-state index contributed by atoms with van der Waals surface area (Å²) in [6.45, 7) is 4.84. The van der Waals surface area contributed by atoms with Gasteiger partial charge < -0.3 is 46.9 Å². The maximum atomic E-state index is 14.2. The molecular formula is C51H50N14O10S6. The number of rotatable bonds is 12. The maximum Gasteiger partial charge on any atom is 0.320 e. The number of thiazole rings is 6. The third-order valence-corrected chi connectivity index (χ3v) is 17.8. The van der Waals surface area contributed by atoms with Crippen LogP contribution < -0.4 is 37.2 Å². The number of benzene rings is 1. The van der Waals surface area contributed by atoms with Gasteiger partial charge in [0.05, 0.1) is 48.6 Å². The molecule has 81 heavy (non-hydrogen) atoms. The summed E-state index contributed by atoms with van der Waals surface area (Å²) in [6.07, 6.45) is -1.78. The van der Waals surface area contributed by atoms with Gasteiger partial charge >= 0.3 is 12.0 Å². The summed E-state index contributed by atoms with van der Waals surface area (Å²) >= 11 is 7.06. The van der Waals surface area contributed by atoms with E-state index >= 15 is 0 Å². The minimum atomic E-state index is -1.28. The lowest BCUT2D eigenvalue weighted by Crippen LogP contribution is -2.40. The predicted octanol–water partition coefficient (Wildman–Crippen LogP) is 6.91. The number of pyridine rings is 1. The molecule has 8 aromatic rings. The summed E-state index contributed by atoms with van der Waals surface area (Å²) in [5, 5.41) is 48.9. The molecule has 8 heterocycles. The number of aliphatic hydroxyl groups excluding tert-OH is 1. The van der Waals surface area contributed by atoms with Crippen molar-refractivity contribution in [2.45, 2.75) is 64.4 Å². The molecule has 0 radical (unpaired) electrons. The van der Waals surface area contributed by atoms with Crippen LogP contribution in [-0.4, -0.2) is 114 Å². The SMILES string of the molecule is CNC(=O)C[C@@H]1NC(=O)c2csc(n2)-c2ccc(-c3nc(NC(=O)NCCC(=O)O)cs3)nc2-c2csc(n2)-c2csc(n2)[C@H]([C@@H](O)c2ccccc2)NC(=O)CNC(=O)c2nc(sc2COC)[C@H](C(C)C)NC(=O)c2nc1sc2C. The van der Waals surface area contributed by atoms with Crippen molar-refractivity contribution in [1.29, 1.82) is 0 Å². The number of ether oxygens (including phenoxy) is 1. The number of aliphatic carboxylic acids is 1. The first-order valence-electron chi connectivity index (χ1n) is 24.7. The lowest BCUT2D eigenvalue weighted by molar-refractivity contribution is -0.136. The molecule has 0 saturated carbocycles. The van der Waals surface area contributed by atoms with Crippen molar-refractivity contribution in [3.63, 3.8) is 0 Å². The van der Waals surface area contributed by atoms with Crippen LogP contribution >= 0.6 is 68.0 Å². The van der Waals surface area contributed by atoms with Crippen LogP contribution in [0.3, 0.4) is 0 Å². The van der Waals surface area contributed by atoms with E-state index in [1.165, 1.54) is 48.2 Å². The fourth-order valence-electron chi connectivity index (χ4n) is 8.08. The molecule has 7 aromatic heterocycles. The number of amides is 7. The van der Waals surface area contributed by atoms with Crippen LogP contribution in [0.4, 0.5) is 10.6 Å². The second kappa shape index (κ2) is 25.7. The highest BCUT2D eigenvalue weighted by atomic mass is 32.1. The molecule has 0 fully saturated rings. The summed E-state index contributed by atoms with van der Waals surface area (Å²) in [6, 6.07) is 8.72. The van der Waals surface area contributed by atoms with Crippen molar-refractivity contribution in [3.05, 3.63) is 111 Å². The zero-order valence-corrected chi connectivity index (χ0v) is 48.4.